The molecule has 0 atom stereocenters. The molecular weight excluding hydrogens is 1030 g/mol. The monoisotopic (exact) mass is 1090 g/mol. The summed E-state index contributed by atoms with van der Waals surface area (Å²) in [5.41, 5.74) is 34.1. The van der Waals surface area contributed by atoms with Gasteiger partial charge in [-0.05, 0) is 110 Å². The third-order valence-electron chi connectivity index (χ3n) is 19.0. The number of para-hydroxylation sites is 2. The van der Waals surface area contributed by atoms with Crippen LogP contribution >= 0.6 is 0 Å². The largest absolute Gasteiger partial charge is 0.310 e. The van der Waals surface area contributed by atoms with Gasteiger partial charge in [-0.15, -0.1) is 5.46 Å². The van der Waals surface area contributed by atoms with E-state index in [0.717, 1.165) is 63.5 Å². The summed E-state index contributed by atoms with van der Waals surface area (Å²) >= 11 is 0. The van der Waals surface area contributed by atoms with Crippen molar-refractivity contribution in [2.75, 3.05) is 9.80 Å². The first-order chi connectivity index (χ1) is 42.4. The molecule has 86 heavy (non-hydrogen) atoms. The van der Waals surface area contributed by atoms with Gasteiger partial charge in [-0.3, -0.25) is 0 Å². The van der Waals surface area contributed by atoms with Crippen LogP contribution in [0.5, 0.6) is 0 Å². The average molecular weight is 1090 g/mol. The molecule has 0 unspecified atom stereocenters. The van der Waals surface area contributed by atoms with E-state index >= 15 is 0 Å². The van der Waals surface area contributed by atoms with Crippen molar-refractivity contribution in [1.29, 1.82) is 0 Å². The van der Waals surface area contributed by atoms with Crippen LogP contribution in [0.15, 0.2) is 285 Å². The Balaban J connectivity index is 1.12. The molecule has 0 spiro atoms. The fourth-order valence-electron chi connectivity index (χ4n) is 14.7. The molecule has 12 aromatic carbocycles. The molecule has 0 bridgehead atoms. The van der Waals surface area contributed by atoms with Gasteiger partial charge in [0.2, 0.25) is 0 Å². The highest BCUT2D eigenvalue weighted by Gasteiger charge is 2.46. The van der Waals surface area contributed by atoms with E-state index < -0.39 is 0 Å². The van der Waals surface area contributed by atoms with Crippen LogP contribution in [0, 0.1) is 0 Å². The smallest absolute Gasteiger partial charge is 0.252 e. The molecular formula is C78H58B5N3. The lowest BCUT2D eigenvalue weighted by Gasteiger charge is -2.47. The van der Waals surface area contributed by atoms with Gasteiger partial charge in [0.05, 0.1) is 22.6 Å². The minimum Gasteiger partial charge on any atom is -0.310 e. The molecule has 3 aliphatic rings. The molecule has 1 aliphatic carbocycles. The van der Waals surface area contributed by atoms with Crippen molar-refractivity contribution >= 4 is 138 Å². The van der Waals surface area contributed by atoms with Crippen LogP contribution in [0.2, 0.25) is 0 Å². The summed E-state index contributed by atoms with van der Waals surface area (Å²) in [7, 11) is 9.29. The van der Waals surface area contributed by atoms with Gasteiger partial charge in [0, 0.05) is 55.7 Å². The van der Waals surface area contributed by atoms with Crippen LogP contribution in [0.1, 0.15) is 24.0 Å². The van der Waals surface area contributed by atoms with Gasteiger partial charge < -0.3 is 14.4 Å². The van der Waals surface area contributed by atoms with E-state index in [1.807, 2.05) is 0 Å². The molecule has 400 valence electrons. The first-order valence-electron chi connectivity index (χ1n) is 30.3. The van der Waals surface area contributed by atoms with Gasteiger partial charge >= 0.3 is 0 Å². The predicted molar refractivity (Wildman–Crippen MR) is 380 cm³/mol. The number of fused-ring (bicyclic) bond motifs is 7. The lowest BCUT2D eigenvalue weighted by molar-refractivity contribution is 1.02. The quantitative estimate of drug-likeness (QED) is 0.134. The Bertz CT molecular complexity index is 4850. The number of hydrogen-bond donors (Lipinski definition) is 0. The Morgan fingerprint density at radius 2 is 0.826 bits per heavy atom. The molecule has 0 radical (unpaired) electrons. The molecule has 0 saturated carbocycles. The van der Waals surface area contributed by atoms with Crippen LogP contribution in [-0.2, 0) is 0 Å². The number of hydrogen-bond acceptors (Lipinski definition) is 2. The zero-order chi connectivity index (χ0) is 57.6. The van der Waals surface area contributed by atoms with E-state index in [1.54, 1.807) is 0 Å². The molecule has 0 fully saturated rings. The molecule has 8 heteroatoms. The predicted octanol–water partition coefficient (Wildman–Crippen LogP) is 11.5. The van der Waals surface area contributed by atoms with E-state index in [2.05, 4.69) is 325 Å². The van der Waals surface area contributed by atoms with Crippen LogP contribution in [0.3, 0.4) is 0 Å². The number of aromatic nitrogens is 1. The number of benzene rings is 12. The number of rotatable bonds is 9. The standard InChI is InChI=1S/C78H58B5N3/c79-71-70-62-35-19-20-40-65(62)84(78(70)74(82)73(81)72(71)80)57-47-68-75-69(48-57)86(77-60(53-31-15-5-16-32-53)38-22-39-61(77)54-33-17-6-18-34-54)67-44-42-56(50-25-9-2-10-26-50)46-64(67)83(75)63-45-55(49-23-7-1-8-24-49)41-43-66(63)85(68)76-58(51-27-11-3-12-28-51)36-21-37-59(76)52-29-13-4-14-30-52/h1-21,23-38,40-48H,22,39,79-82H2. The summed E-state index contributed by atoms with van der Waals surface area (Å²) in [6.45, 7) is -0.191. The van der Waals surface area contributed by atoms with E-state index in [0.29, 0.717) is 0 Å². The summed E-state index contributed by atoms with van der Waals surface area (Å²) in [6.07, 6.45) is 4.32. The van der Waals surface area contributed by atoms with Crippen molar-refractivity contribution in [2.45, 2.75) is 12.8 Å². The van der Waals surface area contributed by atoms with Crippen molar-refractivity contribution < 1.29 is 0 Å². The SMILES string of the molecule is Bc1c(B)c(B)c2c(c1B)c1ccccc1n2-c1cc2c3c(c1)N(c1c(-c4ccccc4)cccc1-c1ccccc1)c1ccc(-c4ccccc4)cc1B3c1cc(-c3ccccc3)ccc1N2C1=C(c2ccccc2)CCC=C1c1ccccc1. The minimum atomic E-state index is -0.191. The fraction of sp³-hybridized carbons (Fsp3) is 0.0256. The zero-order valence-corrected chi connectivity index (χ0v) is 48.9. The highest BCUT2D eigenvalue weighted by molar-refractivity contribution is 7.00. The number of anilines is 5. The molecule has 1 aromatic heterocycles. The molecule has 3 heterocycles. The van der Waals surface area contributed by atoms with Crippen molar-refractivity contribution in [1.82, 2.24) is 4.57 Å². The normalized spacial score (nSPS) is 13.4. The molecule has 3 nitrogen and oxygen atoms in total. The second-order valence-corrected chi connectivity index (χ2v) is 23.5. The molecule has 0 saturated heterocycles. The van der Waals surface area contributed by atoms with Crippen LogP contribution in [0.25, 0.3) is 83.1 Å². The van der Waals surface area contributed by atoms with Crippen LogP contribution in [0.4, 0.5) is 28.4 Å². The zero-order valence-electron chi connectivity index (χ0n) is 48.9. The Morgan fingerprint density at radius 1 is 0.360 bits per heavy atom. The summed E-state index contributed by atoms with van der Waals surface area (Å²) in [5.74, 6) is 0. The summed E-state index contributed by atoms with van der Waals surface area (Å²) in [5, 5.41) is 2.58. The number of nitrogens with zero attached hydrogens (tertiary/aromatic N) is 3. The molecule has 0 amide bonds. The third kappa shape index (κ3) is 8.18. The summed E-state index contributed by atoms with van der Waals surface area (Å²) in [4.78, 5) is 5.40. The first-order valence-corrected chi connectivity index (χ1v) is 30.3. The van der Waals surface area contributed by atoms with Crippen molar-refractivity contribution in [3.05, 3.63) is 296 Å². The third-order valence-corrected chi connectivity index (χ3v) is 19.0. The second-order valence-electron chi connectivity index (χ2n) is 23.5. The maximum absolute atomic E-state index is 2.72. The molecule has 13 aromatic rings. The van der Waals surface area contributed by atoms with E-state index in [1.165, 1.54) is 116 Å². The van der Waals surface area contributed by atoms with E-state index in [9.17, 15) is 0 Å². The minimum absolute atomic E-state index is 0.191. The molecule has 16 rings (SSSR count). The number of allylic oxidation sites excluding steroid dienone is 3. The van der Waals surface area contributed by atoms with E-state index in [4.69, 9.17) is 0 Å². The van der Waals surface area contributed by atoms with Gasteiger partial charge in [0.1, 0.15) is 31.4 Å². The highest BCUT2D eigenvalue weighted by Crippen LogP contribution is 2.53. The van der Waals surface area contributed by atoms with Crippen LogP contribution < -0.4 is 48.0 Å². The fourth-order valence-corrected chi connectivity index (χ4v) is 14.7. The topological polar surface area (TPSA) is 11.4 Å². The van der Waals surface area contributed by atoms with Gasteiger partial charge in [-0.25, -0.2) is 0 Å². The average Bonchev–Trinajstić information content (AvgIpc) is 0.880. The maximum atomic E-state index is 2.72. The van der Waals surface area contributed by atoms with Gasteiger partial charge in [-0.1, -0.05) is 265 Å². The summed E-state index contributed by atoms with van der Waals surface area (Å²) < 4.78 is 2.62. The summed E-state index contributed by atoms with van der Waals surface area (Å²) in [6, 6.07) is 102. The Labute approximate surface area is 508 Å². The Kier molecular flexibility index (Phi) is 12.5. The lowest BCUT2D eigenvalue weighted by atomic mass is 9.33. The van der Waals surface area contributed by atoms with Gasteiger partial charge in [-0.2, -0.15) is 0 Å². The molecule has 2 aliphatic heterocycles. The highest BCUT2D eigenvalue weighted by atomic mass is 15.2. The first kappa shape index (κ1) is 51.5. The van der Waals surface area contributed by atoms with Gasteiger partial charge in [0.15, 0.2) is 0 Å². The molecule has 0 N–H and O–H groups in total. The van der Waals surface area contributed by atoms with Crippen LogP contribution in [-0.4, -0.2) is 42.7 Å². The Hall–Kier alpha value is -10.2. The second kappa shape index (κ2) is 20.9. The van der Waals surface area contributed by atoms with Gasteiger partial charge in [0.25, 0.3) is 6.71 Å². The van der Waals surface area contributed by atoms with Crippen molar-refractivity contribution in [3.8, 4) is 50.2 Å². The van der Waals surface area contributed by atoms with Crippen molar-refractivity contribution in [3.63, 3.8) is 0 Å². The van der Waals surface area contributed by atoms with Crippen molar-refractivity contribution in [2.24, 2.45) is 0 Å². The Morgan fingerprint density at radius 3 is 1.38 bits per heavy atom. The van der Waals surface area contributed by atoms with E-state index in [-0.39, 0.29) is 6.71 Å². The lowest BCUT2D eigenvalue weighted by Crippen LogP contribution is -2.62. The maximum Gasteiger partial charge on any atom is 0.252 e.